The monoisotopic (exact) mass is 260 g/mol. The quantitative estimate of drug-likeness (QED) is 0.653. The smallest absolute Gasteiger partial charge is 0.338 e. The molecule has 2 rings (SSSR count). The molecule has 4 nitrogen and oxygen atoms in total. The number of hydrogen-bond donors (Lipinski definition) is 2. The second kappa shape index (κ2) is 5.55. The molecule has 0 aliphatic carbocycles. The number of anilines is 1. The summed E-state index contributed by atoms with van der Waals surface area (Å²) >= 11 is 1.48. The summed E-state index contributed by atoms with van der Waals surface area (Å²) in [5.41, 5.74) is 6.87. The number of aromatic nitrogens is 1. The lowest BCUT2D eigenvalue weighted by Crippen LogP contribution is -2.06. The number of nitrogens with two attached hydrogens (primary N) is 1. The molecule has 1 aromatic carbocycles. The van der Waals surface area contributed by atoms with Crippen LogP contribution in [0, 0.1) is 0 Å². The van der Waals surface area contributed by atoms with Crippen molar-refractivity contribution < 1.29 is 9.90 Å². The molecule has 0 spiro atoms. The average Bonchev–Trinajstić information content (AvgIpc) is 2.37. The maximum absolute atomic E-state index is 11.1. The number of carbonyl (C=O) groups is 1. The lowest BCUT2D eigenvalue weighted by Gasteiger charge is -2.08. The summed E-state index contributed by atoms with van der Waals surface area (Å²) in [7, 11) is 0. The van der Waals surface area contributed by atoms with E-state index in [1.54, 1.807) is 24.4 Å². The zero-order valence-corrected chi connectivity index (χ0v) is 10.4. The number of nitrogens with zero attached hydrogens (tertiary/aromatic N) is 1. The van der Waals surface area contributed by atoms with Gasteiger partial charge in [-0.3, -0.25) is 0 Å². The number of rotatable bonds is 4. The van der Waals surface area contributed by atoms with E-state index in [0.29, 0.717) is 17.0 Å². The number of nitrogen functional groups attached to an aromatic ring is 1. The maximum Gasteiger partial charge on any atom is 0.338 e. The first-order valence-electron chi connectivity index (χ1n) is 5.33. The Kier molecular flexibility index (Phi) is 3.84. The molecule has 0 saturated heterocycles. The zero-order valence-electron chi connectivity index (χ0n) is 9.54. The van der Waals surface area contributed by atoms with Crippen molar-refractivity contribution in [2.24, 2.45) is 0 Å². The van der Waals surface area contributed by atoms with Crippen LogP contribution in [0.15, 0.2) is 47.6 Å². The first-order valence-corrected chi connectivity index (χ1v) is 6.31. The fourth-order valence-corrected chi connectivity index (χ4v) is 2.44. The Bertz CT molecular complexity index is 558. The molecule has 0 fully saturated rings. The molecule has 1 aromatic heterocycles. The molecule has 18 heavy (non-hydrogen) atoms. The van der Waals surface area contributed by atoms with Gasteiger partial charge in [0.2, 0.25) is 0 Å². The Labute approximate surface area is 109 Å². The highest BCUT2D eigenvalue weighted by Gasteiger charge is 2.13. The van der Waals surface area contributed by atoms with Crippen LogP contribution in [0.3, 0.4) is 0 Å². The molecule has 0 amide bonds. The van der Waals surface area contributed by atoms with Gasteiger partial charge in [0.25, 0.3) is 0 Å². The van der Waals surface area contributed by atoms with Crippen molar-refractivity contribution >= 4 is 23.4 Å². The fourth-order valence-electron chi connectivity index (χ4n) is 1.59. The summed E-state index contributed by atoms with van der Waals surface area (Å²) in [5, 5.41) is 10.00. The van der Waals surface area contributed by atoms with E-state index in [0.717, 1.165) is 5.03 Å². The maximum atomic E-state index is 11.1. The topological polar surface area (TPSA) is 76.2 Å². The molecule has 1 heterocycles. The van der Waals surface area contributed by atoms with Crippen LogP contribution in [-0.4, -0.2) is 16.1 Å². The van der Waals surface area contributed by atoms with Crippen LogP contribution < -0.4 is 5.73 Å². The Hall–Kier alpha value is -2.01. The largest absolute Gasteiger partial charge is 0.478 e. The number of aromatic carboxylic acids is 1. The van der Waals surface area contributed by atoms with Gasteiger partial charge in [0.05, 0.1) is 10.6 Å². The Morgan fingerprint density at radius 2 is 2.11 bits per heavy atom. The number of benzene rings is 1. The van der Waals surface area contributed by atoms with E-state index in [1.165, 1.54) is 11.8 Å². The number of carboxylic acids is 1. The number of hydrogen-bond acceptors (Lipinski definition) is 4. The van der Waals surface area contributed by atoms with Crippen LogP contribution in [-0.2, 0) is 5.75 Å². The minimum absolute atomic E-state index is 0.181. The third-order valence-electron chi connectivity index (χ3n) is 2.41. The Morgan fingerprint density at radius 3 is 2.78 bits per heavy atom. The normalized spacial score (nSPS) is 10.2. The average molecular weight is 260 g/mol. The number of thioether (sulfide) groups is 1. The van der Waals surface area contributed by atoms with Gasteiger partial charge in [0.1, 0.15) is 0 Å². The molecule has 0 saturated carbocycles. The molecule has 0 radical (unpaired) electrons. The number of carboxylic acid groups (broad SMARTS) is 1. The summed E-state index contributed by atoms with van der Waals surface area (Å²) in [6, 6.07) is 10.8. The van der Waals surface area contributed by atoms with Crippen LogP contribution in [0.4, 0.5) is 5.69 Å². The van der Waals surface area contributed by atoms with Crippen LogP contribution in [0.1, 0.15) is 15.9 Å². The van der Waals surface area contributed by atoms with Gasteiger partial charge in [-0.15, -0.1) is 11.8 Å². The van der Waals surface area contributed by atoms with E-state index >= 15 is 0 Å². The van der Waals surface area contributed by atoms with Gasteiger partial charge >= 0.3 is 5.97 Å². The third kappa shape index (κ3) is 2.81. The van der Waals surface area contributed by atoms with Crippen molar-refractivity contribution in [3.05, 3.63) is 53.7 Å². The van der Waals surface area contributed by atoms with Crippen molar-refractivity contribution in [2.75, 3.05) is 5.73 Å². The van der Waals surface area contributed by atoms with Gasteiger partial charge in [-0.25, -0.2) is 9.78 Å². The number of pyridine rings is 1. The van der Waals surface area contributed by atoms with E-state index in [2.05, 4.69) is 4.98 Å². The van der Waals surface area contributed by atoms with E-state index in [9.17, 15) is 4.79 Å². The standard InChI is InChI=1S/C13H12N2O2S/c14-10-5-3-4-9(12(10)13(16)17)8-18-11-6-1-2-7-15-11/h1-7H,8,14H2,(H,16,17). The molecule has 0 unspecified atom stereocenters. The molecule has 5 heteroatoms. The van der Waals surface area contributed by atoms with Gasteiger partial charge in [0, 0.05) is 17.6 Å². The Morgan fingerprint density at radius 1 is 1.28 bits per heavy atom. The van der Waals surface area contributed by atoms with E-state index in [4.69, 9.17) is 10.8 Å². The lowest BCUT2D eigenvalue weighted by atomic mass is 10.1. The van der Waals surface area contributed by atoms with Crippen molar-refractivity contribution in [1.82, 2.24) is 4.98 Å². The van der Waals surface area contributed by atoms with E-state index in [1.807, 2.05) is 18.2 Å². The van der Waals surface area contributed by atoms with Gasteiger partial charge < -0.3 is 10.8 Å². The molecule has 0 atom stereocenters. The predicted molar refractivity (Wildman–Crippen MR) is 71.6 cm³/mol. The van der Waals surface area contributed by atoms with Crippen LogP contribution in [0.5, 0.6) is 0 Å². The second-order valence-corrected chi connectivity index (χ2v) is 4.64. The highest BCUT2D eigenvalue weighted by Crippen LogP contribution is 2.25. The molecule has 0 aliphatic heterocycles. The van der Waals surface area contributed by atoms with Crippen LogP contribution in [0.2, 0.25) is 0 Å². The molecule has 3 N–H and O–H groups in total. The lowest BCUT2D eigenvalue weighted by molar-refractivity contribution is 0.0697. The minimum atomic E-state index is -0.996. The molecular weight excluding hydrogens is 248 g/mol. The summed E-state index contributed by atoms with van der Waals surface area (Å²) in [6.07, 6.45) is 1.71. The van der Waals surface area contributed by atoms with E-state index in [-0.39, 0.29) is 5.56 Å². The predicted octanol–water partition coefficient (Wildman–Crippen LogP) is 2.65. The third-order valence-corrected chi connectivity index (χ3v) is 3.40. The van der Waals surface area contributed by atoms with Crippen molar-refractivity contribution in [2.45, 2.75) is 10.8 Å². The van der Waals surface area contributed by atoms with Gasteiger partial charge in [-0.05, 0) is 23.8 Å². The van der Waals surface area contributed by atoms with Crippen LogP contribution >= 0.6 is 11.8 Å². The second-order valence-electron chi connectivity index (χ2n) is 3.64. The first kappa shape index (κ1) is 12.4. The highest BCUT2D eigenvalue weighted by atomic mass is 32.2. The molecule has 2 aromatic rings. The van der Waals surface area contributed by atoms with Crippen molar-refractivity contribution in [1.29, 1.82) is 0 Å². The molecule has 0 bridgehead atoms. The van der Waals surface area contributed by atoms with Gasteiger partial charge in [-0.2, -0.15) is 0 Å². The highest BCUT2D eigenvalue weighted by molar-refractivity contribution is 7.98. The Balaban J connectivity index is 2.20. The van der Waals surface area contributed by atoms with Crippen molar-refractivity contribution in [3.63, 3.8) is 0 Å². The fraction of sp³-hybridized carbons (Fsp3) is 0.0769. The van der Waals surface area contributed by atoms with Crippen molar-refractivity contribution in [3.8, 4) is 0 Å². The van der Waals surface area contributed by atoms with Gasteiger partial charge in [-0.1, -0.05) is 18.2 Å². The molecule has 92 valence electrons. The van der Waals surface area contributed by atoms with Gasteiger partial charge in [0.15, 0.2) is 0 Å². The summed E-state index contributed by atoms with van der Waals surface area (Å²) in [4.78, 5) is 15.3. The summed E-state index contributed by atoms with van der Waals surface area (Å²) < 4.78 is 0. The zero-order chi connectivity index (χ0) is 13.0. The molecule has 0 aliphatic rings. The molecular formula is C13H12N2O2S. The minimum Gasteiger partial charge on any atom is -0.478 e. The van der Waals surface area contributed by atoms with E-state index < -0.39 is 5.97 Å². The van der Waals surface area contributed by atoms with Crippen LogP contribution in [0.25, 0.3) is 0 Å². The first-order chi connectivity index (χ1) is 8.68. The summed E-state index contributed by atoms with van der Waals surface area (Å²) in [6.45, 7) is 0. The SMILES string of the molecule is Nc1cccc(CSc2ccccn2)c1C(=O)O. The summed E-state index contributed by atoms with van der Waals surface area (Å²) in [5.74, 6) is -0.464.